The van der Waals surface area contributed by atoms with E-state index in [1.165, 1.54) is 12.4 Å². The molecule has 2 aliphatic rings. The van der Waals surface area contributed by atoms with Crippen LogP contribution in [0.3, 0.4) is 0 Å². The Balaban J connectivity index is 1.36. The van der Waals surface area contributed by atoms with Gasteiger partial charge < -0.3 is 10.2 Å². The molecule has 2 amide bonds. The molecule has 1 saturated heterocycles. The molecule has 2 aromatic rings. The third kappa shape index (κ3) is 3.05. The van der Waals surface area contributed by atoms with Crippen LogP contribution in [0.4, 0.5) is 0 Å². The Morgan fingerprint density at radius 3 is 2.46 bits per heavy atom. The third-order valence-corrected chi connectivity index (χ3v) is 5.70. The Kier molecular flexibility index (Phi) is 4.36. The molecule has 0 bridgehead atoms. The van der Waals surface area contributed by atoms with E-state index in [-0.39, 0.29) is 23.3 Å². The Morgan fingerprint density at radius 1 is 1.04 bits per heavy atom. The standard InChI is InChI=1S/C19H21N5O2/c25-17(15-13-20-9-10-22-15)23-16-4-5-19(16)6-11-24(12-7-19)18(26)14-3-1-2-8-21-14/h1-3,8-10,13,16H,4-7,11-12H2,(H,23,25). The minimum absolute atomic E-state index is 0.0140. The molecule has 0 aromatic carbocycles. The fourth-order valence-electron chi connectivity index (χ4n) is 3.98. The molecule has 0 radical (unpaired) electrons. The Bertz CT molecular complexity index is 788. The van der Waals surface area contributed by atoms with Gasteiger partial charge >= 0.3 is 0 Å². The van der Waals surface area contributed by atoms with E-state index >= 15 is 0 Å². The predicted octanol–water partition coefficient (Wildman–Crippen LogP) is 1.69. The number of carbonyl (C=O) groups is 2. The van der Waals surface area contributed by atoms with Crippen LogP contribution in [0.5, 0.6) is 0 Å². The van der Waals surface area contributed by atoms with Gasteiger partial charge in [-0.15, -0.1) is 0 Å². The van der Waals surface area contributed by atoms with Gasteiger partial charge in [0, 0.05) is 37.7 Å². The lowest BCUT2D eigenvalue weighted by atomic mass is 9.59. The number of likely N-dealkylation sites (tertiary alicyclic amines) is 1. The first-order chi connectivity index (χ1) is 12.7. The van der Waals surface area contributed by atoms with Crippen molar-refractivity contribution < 1.29 is 9.59 Å². The minimum atomic E-state index is -0.172. The Hall–Kier alpha value is -2.83. The van der Waals surface area contributed by atoms with E-state index < -0.39 is 0 Å². The lowest BCUT2D eigenvalue weighted by molar-refractivity contribution is -0.00256. The van der Waals surface area contributed by atoms with Crippen LogP contribution in [-0.2, 0) is 0 Å². The van der Waals surface area contributed by atoms with E-state index in [0.29, 0.717) is 24.5 Å². The number of nitrogens with zero attached hydrogens (tertiary/aromatic N) is 4. The number of carbonyl (C=O) groups excluding carboxylic acids is 2. The van der Waals surface area contributed by atoms with Crippen LogP contribution in [0.15, 0.2) is 43.0 Å². The molecule has 1 atom stereocenters. The van der Waals surface area contributed by atoms with Crippen LogP contribution in [-0.4, -0.2) is 50.8 Å². The molecule has 134 valence electrons. The van der Waals surface area contributed by atoms with Gasteiger partial charge in [0.1, 0.15) is 11.4 Å². The molecule has 7 heteroatoms. The van der Waals surface area contributed by atoms with Crippen LogP contribution in [0.1, 0.15) is 46.7 Å². The summed E-state index contributed by atoms with van der Waals surface area (Å²) in [5.41, 5.74) is 0.931. The molecular weight excluding hydrogens is 330 g/mol. The lowest BCUT2D eigenvalue weighted by Gasteiger charge is -2.54. The summed E-state index contributed by atoms with van der Waals surface area (Å²) < 4.78 is 0. The summed E-state index contributed by atoms with van der Waals surface area (Å²) in [6, 6.07) is 5.53. The van der Waals surface area contributed by atoms with Crippen molar-refractivity contribution in [3.05, 3.63) is 54.4 Å². The van der Waals surface area contributed by atoms with Crippen molar-refractivity contribution in [3.63, 3.8) is 0 Å². The summed E-state index contributed by atoms with van der Waals surface area (Å²) in [6.07, 6.45) is 10.1. The maximum atomic E-state index is 12.5. The number of amides is 2. The van der Waals surface area contributed by atoms with Crippen LogP contribution in [0.25, 0.3) is 0 Å². The van der Waals surface area contributed by atoms with Crippen molar-refractivity contribution in [1.82, 2.24) is 25.2 Å². The number of piperidine rings is 1. The van der Waals surface area contributed by atoms with Crippen molar-refractivity contribution in [2.45, 2.75) is 31.7 Å². The molecule has 3 heterocycles. The first kappa shape index (κ1) is 16.6. The molecule has 1 aliphatic carbocycles. The van der Waals surface area contributed by atoms with E-state index in [4.69, 9.17) is 0 Å². The molecule has 4 rings (SSSR count). The van der Waals surface area contributed by atoms with Gasteiger partial charge in [0.25, 0.3) is 11.8 Å². The minimum Gasteiger partial charge on any atom is -0.347 e. The SMILES string of the molecule is O=C(NC1CCC12CCN(C(=O)c1ccccn1)CC2)c1cnccn1. The molecule has 2 aromatic heterocycles. The van der Waals surface area contributed by atoms with Crippen molar-refractivity contribution in [1.29, 1.82) is 0 Å². The number of rotatable bonds is 3. The van der Waals surface area contributed by atoms with E-state index in [0.717, 1.165) is 25.7 Å². The van der Waals surface area contributed by atoms with E-state index in [1.54, 1.807) is 24.5 Å². The van der Waals surface area contributed by atoms with Gasteiger partial charge in [-0.3, -0.25) is 19.6 Å². The highest BCUT2D eigenvalue weighted by atomic mass is 16.2. The second kappa shape index (κ2) is 6.82. The quantitative estimate of drug-likeness (QED) is 0.909. The van der Waals surface area contributed by atoms with Crippen LogP contribution in [0, 0.1) is 5.41 Å². The molecule has 1 saturated carbocycles. The fraction of sp³-hybridized carbons (Fsp3) is 0.421. The smallest absolute Gasteiger partial charge is 0.272 e. The van der Waals surface area contributed by atoms with Crippen molar-refractivity contribution >= 4 is 11.8 Å². The molecule has 1 N–H and O–H groups in total. The number of pyridine rings is 1. The number of hydrogen-bond acceptors (Lipinski definition) is 5. The zero-order valence-corrected chi connectivity index (χ0v) is 14.5. The Labute approximate surface area is 151 Å². The second-order valence-electron chi connectivity index (χ2n) is 7.02. The van der Waals surface area contributed by atoms with Crippen LogP contribution < -0.4 is 5.32 Å². The van der Waals surface area contributed by atoms with Crippen molar-refractivity contribution in [3.8, 4) is 0 Å². The van der Waals surface area contributed by atoms with Crippen molar-refractivity contribution in [2.24, 2.45) is 5.41 Å². The van der Waals surface area contributed by atoms with E-state index in [2.05, 4.69) is 20.3 Å². The molecule has 1 spiro atoms. The highest BCUT2D eigenvalue weighted by Gasteiger charge is 2.49. The van der Waals surface area contributed by atoms with Gasteiger partial charge in [-0.05, 0) is 43.2 Å². The molecular formula is C19H21N5O2. The topological polar surface area (TPSA) is 88.1 Å². The van der Waals surface area contributed by atoms with Gasteiger partial charge in [-0.1, -0.05) is 6.07 Å². The zero-order valence-electron chi connectivity index (χ0n) is 14.5. The summed E-state index contributed by atoms with van der Waals surface area (Å²) in [5, 5.41) is 3.11. The summed E-state index contributed by atoms with van der Waals surface area (Å²) >= 11 is 0. The summed E-state index contributed by atoms with van der Waals surface area (Å²) in [5.74, 6) is -0.186. The van der Waals surface area contributed by atoms with Crippen LogP contribution in [0.2, 0.25) is 0 Å². The maximum absolute atomic E-state index is 12.5. The maximum Gasteiger partial charge on any atom is 0.272 e. The predicted molar refractivity (Wildman–Crippen MR) is 94.3 cm³/mol. The second-order valence-corrected chi connectivity index (χ2v) is 7.02. The highest BCUT2D eigenvalue weighted by molar-refractivity contribution is 5.93. The average Bonchev–Trinajstić information content (AvgIpc) is 2.72. The molecule has 7 nitrogen and oxygen atoms in total. The molecule has 1 aliphatic heterocycles. The first-order valence-corrected chi connectivity index (χ1v) is 8.95. The lowest BCUT2D eigenvalue weighted by Crippen LogP contribution is -2.59. The number of hydrogen-bond donors (Lipinski definition) is 1. The molecule has 2 fully saturated rings. The Morgan fingerprint density at radius 2 is 1.85 bits per heavy atom. The van der Waals surface area contributed by atoms with Gasteiger partial charge in [0.15, 0.2) is 0 Å². The van der Waals surface area contributed by atoms with Gasteiger partial charge in [-0.2, -0.15) is 0 Å². The fourth-order valence-corrected chi connectivity index (χ4v) is 3.98. The largest absolute Gasteiger partial charge is 0.347 e. The van der Waals surface area contributed by atoms with E-state index in [1.807, 2.05) is 11.0 Å². The average molecular weight is 351 g/mol. The summed E-state index contributed by atoms with van der Waals surface area (Å²) in [6.45, 7) is 1.40. The monoisotopic (exact) mass is 351 g/mol. The van der Waals surface area contributed by atoms with Gasteiger partial charge in [-0.25, -0.2) is 4.98 Å². The summed E-state index contributed by atoms with van der Waals surface area (Å²) in [4.78, 5) is 38.9. The van der Waals surface area contributed by atoms with Gasteiger partial charge in [0.05, 0.1) is 6.20 Å². The normalized spacial score (nSPS) is 21.1. The highest BCUT2D eigenvalue weighted by Crippen LogP contribution is 2.49. The zero-order chi connectivity index (χ0) is 18.0. The van der Waals surface area contributed by atoms with Crippen LogP contribution >= 0.6 is 0 Å². The van der Waals surface area contributed by atoms with E-state index in [9.17, 15) is 9.59 Å². The number of aromatic nitrogens is 3. The number of nitrogens with one attached hydrogen (secondary N) is 1. The van der Waals surface area contributed by atoms with Gasteiger partial charge in [0.2, 0.25) is 0 Å². The third-order valence-electron chi connectivity index (χ3n) is 5.70. The first-order valence-electron chi connectivity index (χ1n) is 8.95. The van der Waals surface area contributed by atoms with Crippen molar-refractivity contribution in [2.75, 3.05) is 13.1 Å². The summed E-state index contributed by atoms with van der Waals surface area (Å²) in [7, 11) is 0. The molecule has 26 heavy (non-hydrogen) atoms. The molecule has 1 unspecified atom stereocenters.